The molecule has 1 aliphatic carbocycles. The maximum absolute atomic E-state index is 11.5. The van der Waals surface area contributed by atoms with Gasteiger partial charge in [0.15, 0.2) is 6.29 Å². The Morgan fingerprint density at radius 1 is 1.30 bits per heavy atom. The maximum Gasteiger partial charge on any atom is 0.260 e. The number of carbonyl (C=O) groups is 2. The molecule has 1 heterocycles. The van der Waals surface area contributed by atoms with Gasteiger partial charge in [-0.2, -0.15) is 0 Å². The molecule has 1 fully saturated rings. The second-order valence-electron chi connectivity index (χ2n) is 5.15. The third-order valence-corrected chi connectivity index (χ3v) is 3.61. The number of carbonyl (C=O) groups excluding carboxylic acids is 2. The summed E-state index contributed by atoms with van der Waals surface area (Å²) in [6.07, 6.45) is 5.70. The molecule has 1 amide bonds. The normalized spacial score (nSPS) is 22.1. The van der Waals surface area contributed by atoms with Gasteiger partial charge in [-0.05, 0) is 31.7 Å². The summed E-state index contributed by atoms with van der Waals surface area (Å²) in [6.45, 7) is 1.52. The lowest BCUT2D eigenvalue weighted by atomic mass is 9.91. The Hall–Kier alpha value is -2.11. The third-order valence-electron chi connectivity index (χ3n) is 3.61. The molecule has 6 nitrogen and oxygen atoms in total. The van der Waals surface area contributed by atoms with Crippen molar-refractivity contribution in [1.29, 1.82) is 0 Å². The van der Waals surface area contributed by atoms with Crippen LogP contribution >= 0.6 is 0 Å². The van der Waals surface area contributed by atoms with Gasteiger partial charge in [-0.25, -0.2) is 0 Å². The highest BCUT2D eigenvalue weighted by Crippen LogP contribution is 2.22. The van der Waals surface area contributed by atoms with E-state index in [1.165, 1.54) is 13.1 Å². The predicted octanol–water partition coefficient (Wildman–Crippen LogP) is 1.05. The Labute approximate surface area is 117 Å². The monoisotopic (exact) mass is 277 g/mol. The van der Waals surface area contributed by atoms with Crippen molar-refractivity contribution in [3.05, 3.63) is 28.2 Å². The summed E-state index contributed by atoms with van der Waals surface area (Å²) < 4.78 is 0. The Balaban J connectivity index is 1.96. The zero-order valence-corrected chi connectivity index (χ0v) is 11.4. The highest BCUT2D eigenvalue weighted by Gasteiger charge is 2.22. The highest BCUT2D eigenvalue weighted by atomic mass is 16.1. The number of anilines is 1. The molecule has 108 valence electrons. The van der Waals surface area contributed by atoms with Crippen molar-refractivity contribution >= 4 is 17.9 Å². The molecule has 1 aromatic rings. The molecule has 0 aromatic carbocycles. The van der Waals surface area contributed by atoms with Gasteiger partial charge in [-0.3, -0.25) is 14.4 Å². The maximum atomic E-state index is 11.5. The third kappa shape index (κ3) is 3.46. The lowest BCUT2D eigenvalue weighted by molar-refractivity contribution is -0.119. The second-order valence-corrected chi connectivity index (χ2v) is 5.15. The standard InChI is InChI=1S/C14H19N3O3/c1-9(19)16-10-2-4-11(5-3-10)17-13-6-7-15-14(20)12(13)8-18/h6-8,10-11H,2-5H2,1H3,(H,16,19)(H2,15,17,20). The lowest BCUT2D eigenvalue weighted by Gasteiger charge is -2.30. The van der Waals surface area contributed by atoms with Crippen LogP contribution in [0.1, 0.15) is 43.0 Å². The smallest absolute Gasteiger partial charge is 0.260 e. The van der Waals surface area contributed by atoms with Crippen molar-refractivity contribution in [2.45, 2.75) is 44.7 Å². The molecule has 0 unspecified atom stereocenters. The lowest BCUT2D eigenvalue weighted by Crippen LogP contribution is -2.39. The van der Waals surface area contributed by atoms with Crippen molar-refractivity contribution in [2.75, 3.05) is 5.32 Å². The molecule has 0 spiro atoms. The van der Waals surface area contributed by atoms with Crippen molar-refractivity contribution in [3.63, 3.8) is 0 Å². The molecule has 0 atom stereocenters. The Morgan fingerprint density at radius 3 is 2.55 bits per heavy atom. The van der Waals surface area contributed by atoms with Gasteiger partial charge in [-0.15, -0.1) is 0 Å². The van der Waals surface area contributed by atoms with Crippen LogP contribution in [-0.4, -0.2) is 29.3 Å². The minimum Gasteiger partial charge on any atom is -0.382 e. The van der Waals surface area contributed by atoms with Gasteiger partial charge in [-0.1, -0.05) is 0 Å². The van der Waals surface area contributed by atoms with E-state index in [0.29, 0.717) is 12.0 Å². The minimum absolute atomic E-state index is 0.000700. The average Bonchev–Trinajstić information content (AvgIpc) is 2.41. The number of hydrogen-bond donors (Lipinski definition) is 3. The molecule has 2 rings (SSSR count). The van der Waals surface area contributed by atoms with Crippen LogP contribution in [0.5, 0.6) is 0 Å². The number of pyridine rings is 1. The second kappa shape index (κ2) is 6.36. The Morgan fingerprint density at radius 2 is 1.95 bits per heavy atom. The van der Waals surface area contributed by atoms with Gasteiger partial charge in [0, 0.05) is 25.2 Å². The summed E-state index contributed by atoms with van der Waals surface area (Å²) in [5, 5.41) is 6.17. The van der Waals surface area contributed by atoms with E-state index in [0.717, 1.165) is 25.7 Å². The van der Waals surface area contributed by atoms with E-state index in [4.69, 9.17) is 0 Å². The highest BCUT2D eigenvalue weighted by molar-refractivity contribution is 5.83. The van der Waals surface area contributed by atoms with E-state index in [1.54, 1.807) is 6.07 Å². The fourth-order valence-electron chi connectivity index (χ4n) is 2.62. The molecular weight excluding hydrogens is 258 g/mol. The number of amides is 1. The first kappa shape index (κ1) is 14.3. The number of rotatable bonds is 4. The first-order valence-electron chi connectivity index (χ1n) is 6.80. The number of H-pyrrole nitrogens is 1. The van der Waals surface area contributed by atoms with Crippen LogP contribution in [-0.2, 0) is 4.79 Å². The molecule has 1 aromatic heterocycles. The van der Waals surface area contributed by atoms with Gasteiger partial charge in [0.1, 0.15) is 5.56 Å². The van der Waals surface area contributed by atoms with Gasteiger partial charge in [0.25, 0.3) is 5.56 Å². The van der Waals surface area contributed by atoms with Crippen molar-refractivity contribution < 1.29 is 9.59 Å². The van der Waals surface area contributed by atoms with Crippen molar-refractivity contribution in [1.82, 2.24) is 10.3 Å². The molecule has 0 bridgehead atoms. The number of hydrogen-bond acceptors (Lipinski definition) is 4. The quantitative estimate of drug-likeness (QED) is 0.717. The molecule has 1 saturated carbocycles. The molecule has 3 N–H and O–H groups in total. The first-order valence-corrected chi connectivity index (χ1v) is 6.80. The van der Waals surface area contributed by atoms with Crippen LogP contribution in [0.3, 0.4) is 0 Å². The van der Waals surface area contributed by atoms with Gasteiger partial charge in [0.2, 0.25) is 5.91 Å². The number of aldehydes is 1. The largest absolute Gasteiger partial charge is 0.382 e. The van der Waals surface area contributed by atoms with Crippen LogP contribution in [0.25, 0.3) is 0 Å². The SMILES string of the molecule is CC(=O)NC1CCC(Nc2cc[nH]c(=O)c2C=O)CC1. The first-order chi connectivity index (χ1) is 9.60. The van der Waals surface area contributed by atoms with Crippen LogP contribution in [0.4, 0.5) is 5.69 Å². The summed E-state index contributed by atoms with van der Waals surface area (Å²) >= 11 is 0. The van der Waals surface area contributed by atoms with Gasteiger partial charge >= 0.3 is 0 Å². The minimum atomic E-state index is -0.378. The summed E-state index contributed by atoms with van der Waals surface area (Å²) in [4.78, 5) is 36.0. The van der Waals surface area contributed by atoms with Crippen LogP contribution in [0, 0.1) is 0 Å². The Kier molecular flexibility index (Phi) is 4.55. The van der Waals surface area contributed by atoms with Crippen LogP contribution in [0.2, 0.25) is 0 Å². The average molecular weight is 277 g/mol. The molecule has 6 heteroatoms. The summed E-state index contributed by atoms with van der Waals surface area (Å²) in [7, 11) is 0. The summed E-state index contributed by atoms with van der Waals surface area (Å²) in [5.41, 5.74) is 0.333. The van der Waals surface area contributed by atoms with Gasteiger partial charge < -0.3 is 15.6 Å². The van der Waals surface area contributed by atoms with E-state index in [9.17, 15) is 14.4 Å². The van der Waals surface area contributed by atoms with E-state index in [1.807, 2.05) is 0 Å². The fourth-order valence-corrected chi connectivity index (χ4v) is 2.62. The Bertz CT molecular complexity index is 545. The number of aromatic nitrogens is 1. The molecule has 0 aliphatic heterocycles. The molecule has 0 saturated heterocycles. The van der Waals surface area contributed by atoms with Crippen LogP contribution in [0.15, 0.2) is 17.1 Å². The van der Waals surface area contributed by atoms with Crippen molar-refractivity contribution in [2.24, 2.45) is 0 Å². The van der Waals surface area contributed by atoms with E-state index in [2.05, 4.69) is 15.6 Å². The zero-order chi connectivity index (χ0) is 14.5. The van der Waals surface area contributed by atoms with Crippen LogP contribution < -0.4 is 16.2 Å². The fraction of sp³-hybridized carbons (Fsp3) is 0.500. The predicted molar refractivity (Wildman–Crippen MR) is 75.9 cm³/mol. The van der Waals surface area contributed by atoms with Crippen molar-refractivity contribution in [3.8, 4) is 0 Å². The van der Waals surface area contributed by atoms with E-state index < -0.39 is 0 Å². The molecule has 0 radical (unpaired) electrons. The number of nitrogens with one attached hydrogen (secondary N) is 3. The van der Waals surface area contributed by atoms with E-state index in [-0.39, 0.29) is 29.1 Å². The zero-order valence-electron chi connectivity index (χ0n) is 11.4. The topological polar surface area (TPSA) is 91.1 Å². The summed E-state index contributed by atoms with van der Waals surface area (Å²) in [5.74, 6) is -0.000700. The summed E-state index contributed by atoms with van der Waals surface area (Å²) in [6, 6.07) is 2.15. The molecule has 20 heavy (non-hydrogen) atoms. The van der Waals surface area contributed by atoms with E-state index >= 15 is 0 Å². The molecule has 1 aliphatic rings. The number of aromatic amines is 1. The van der Waals surface area contributed by atoms with Gasteiger partial charge in [0.05, 0.1) is 5.69 Å². The molecular formula is C14H19N3O3.